The maximum absolute atomic E-state index is 14.4. The van der Waals surface area contributed by atoms with Crippen LogP contribution < -0.4 is 0 Å². The first-order valence-corrected chi connectivity index (χ1v) is 16.5. The van der Waals surface area contributed by atoms with E-state index in [9.17, 15) is 25.2 Å². The first-order chi connectivity index (χ1) is 21.0. The highest BCUT2D eigenvalue weighted by atomic mass is 16.3. The first kappa shape index (κ1) is 30.1. The van der Waals surface area contributed by atoms with Crippen molar-refractivity contribution in [3.63, 3.8) is 0 Å². The second-order valence-electron chi connectivity index (χ2n) is 15.1. The maximum atomic E-state index is 14.4. The van der Waals surface area contributed by atoms with Crippen LogP contribution in [0.1, 0.15) is 74.9 Å². The van der Waals surface area contributed by atoms with Crippen molar-refractivity contribution in [2.75, 3.05) is 19.7 Å². The molecule has 8 rings (SSSR count). The van der Waals surface area contributed by atoms with Gasteiger partial charge in [0, 0.05) is 41.5 Å². The summed E-state index contributed by atoms with van der Waals surface area (Å²) in [6.45, 7) is 5.46. The van der Waals surface area contributed by atoms with Crippen molar-refractivity contribution in [3.05, 3.63) is 83.9 Å². The van der Waals surface area contributed by atoms with Crippen molar-refractivity contribution in [2.24, 2.45) is 33.5 Å². The normalized spacial score (nSPS) is 41.2. The second kappa shape index (κ2) is 10.5. The summed E-state index contributed by atoms with van der Waals surface area (Å²) in [5, 5.41) is 43.8. The van der Waals surface area contributed by atoms with E-state index in [-0.39, 0.29) is 41.6 Å². The minimum Gasteiger partial charge on any atom is -0.461 e. The summed E-state index contributed by atoms with van der Waals surface area (Å²) in [5.74, 6) is 0.501. The highest BCUT2D eigenvalue weighted by Crippen LogP contribution is 2.78. The summed E-state index contributed by atoms with van der Waals surface area (Å²) >= 11 is 0. The Morgan fingerprint density at radius 3 is 2.45 bits per heavy atom. The predicted molar refractivity (Wildman–Crippen MR) is 166 cm³/mol. The fourth-order valence-corrected chi connectivity index (χ4v) is 10.9. The van der Waals surface area contributed by atoms with Crippen LogP contribution in [0, 0.1) is 33.5 Å². The summed E-state index contributed by atoms with van der Waals surface area (Å²) in [7, 11) is 0. The zero-order chi connectivity index (χ0) is 31.0. The van der Waals surface area contributed by atoms with E-state index < -0.39 is 28.6 Å². The molecular formula is C37H47NO6. The molecular weight excluding hydrogens is 554 g/mol. The lowest BCUT2D eigenvalue weighted by atomic mass is 9.32. The van der Waals surface area contributed by atoms with Crippen LogP contribution in [0.4, 0.5) is 0 Å². The number of benzene rings is 1. The maximum Gasteiger partial charge on any atom is 0.224 e. The Bertz CT molecular complexity index is 1450. The van der Waals surface area contributed by atoms with Crippen molar-refractivity contribution < 1.29 is 29.6 Å². The van der Waals surface area contributed by atoms with E-state index in [0.29, 0.717) is 31.7 Å². The van der Waals surface area contributed by atoms with E-state index in [4.69, 9.17) is 4.42 Å². The second-order valence-corrected chi connectivity index (χ2v) is 15.1. The zero-order valence-electron chi connectivity index (χ0n) is 26.0. The summed E-state index contributed by atoms with van der Waals surface area (Å²) < 4.78 is 5.68. The van der Waals surface area contributed by atoms with Crippen LogP contribution in [-0.4, -0.2) is 68.6 Å². The molecule has 3 saturated carbocycles. The van der Waals surface area contributed by atoms with Crippen LogP contribution in [-0.2, 0) is 6.54 Å². The topological polar surface area (TPSA) is 114 Å². The van der Waals surface area contributed by atoms with E-state index in [1.165, 1.54) is 0 Å². The molecule has 4 N–H and O–H groups in total. The number of furan rings is 1. The highest BCUT2D eigenvalue weighted by Gasteiger charge is 2.74. The van der Waals surface area contributed by atoms with Crippen LogP contribution in [0.5, 0.6) is 0 Å². The van der Waals surface area contributed by atoms with Gasteiger partial charge in [-0.15, -0.1) is 0 Å². The van der Waals surface area contributed by atoms with Crippen molar-refractivity contribution in [2.45, 2.75) is 83.1 Å². The minimum atomic E-state index is -1.05. The van der Waals surface area contributed by atoms with Crippen LogP contribution in [0.15, 0.2) is 76.9 Å². The zero-order valence-corrected chi connectivity index (χ0v) is 26.0. The van der Waals surface area contributed by atoms with Crippen LogP contribution in [0.25, 0.3) is 0 Å². The van der Waals surface area contributed by atoms with Gasteiger partial charge in [-0.2, -0.15) is 0 Å². The van der Waals surface area contributed by atoms with E-state index >= 15 is 0 Å². The Kier molecular flexibility index (Phi) is 7.18. The number of carbonyl (C=O) groups is 1. The van der Waals surface area contributed by atoms with E-state index in [1.54, 1.807) is 18.4 Å². The van der Waals surface area contributed by atoms with E-state index in [2.05, 4.69) is 37.0 Å². The number of carbonyl (C=O) groups excluding carboxylic acids is 1. The predicted octanol–water partition coefficient (Wildman–Crippen LogP) is 4.91. The SMILES string of the molecule is C[C@]12CC[C@H]3[C@]4(C=C[C@@]5(C=C4C(=O)c4ccco4)CC(O)CC[C@]35C)[C@@H]1CC[C@@]2(O)CN(Cc1ccccc1)C[C@H](O)CO. The standard InChI is InChI=1S/C37H47NO6/c1-33-13-10-26(40)19-35(33)16-17-37(28(20-35)32(42)29-9-6-18-44-29)30(33)11-14-34(2)31(37)12-15-36(34,43)24-38(22-27(41)23-39)21-25-7-4-3-5-8-25/h3-9,16-18,20,26-27,30-31,39-41,43H,10-15,19,21-24H2,1-2H3/t26?,27-,30+,31+,33+,34-,35-,36+,37+/m0/s1. The van der Waals surface area contributed by atoms with Gasteiger partial charge in [-0.25, -0.2) is 0 Å². The van der Waals surface area contributed by atoms with Crippen molar-refractivity contribution >= 4 is 5.78 Å². The Balaban J connectivity index is 1.29. The first-order valence-electron chi connectivity index (χ1n) is 16.5. The van der Waals surface area contributed by atoms with Gasteiger partial charge in [-0.05, 0) is 79.9 Å². The lowest BCUT2D eigenvalue weighted by Gasteiger charge is -2.71. The summed E-state index contributed by atoms with van der Waals surface area (Å²) in [6, 6.07) is 13.6. The van der Waals surface area contributed by atoms with Gasteiger partial charge in [-0.3, -0.25) is 9.69 Å². The van der Waals surface area contributed by atoms with E-state index in [1.807, 2.05) is 30.3 Å². The molecule has 9 atom stereocenters. The molecule has 2 spiro atoms. The number of nitrogens with zero attached hydrogens (tertiary/aromatic N) is 1. The molecule has 1 aromatic heterocycles. The molecule has 236 valence electrons. The Hall–Kier alpha value is -2.55. The number of aliphatic hydroxyl groups is 4. The van der Waals surface area contributed by atoms with Crippen LogP contribution >= 0.6 is 0 Å². The fourth-order valence-electron chi connectivity index (χ4n) is 10.9. The van der Waals surface area contributed by atoms with Gasteiger partial charge >= 0.3 is 0 Å². The van der Waals surface area contributed by atoms with Gasteiger partial charge in [0.15, 0.2) is 5.76 Å². The molecule has 1 aromatic carbocycles. The quantitative estimate of drug-likeness (QED) is 0.239. The molecule has 2 aromatic rings. The molecule has 0 radical (unpaired) electrons. The lowest BCUT2D eigenvalue weighted by molar-refractivity contribution is -0.177. The number of fused-ring (bicyclic) bond motifs is 1. The molecule has 6 aliphatic carbocycles. The van der Waals surface area contributed by atoms with Gasteiger partial charge in [0.2, 0.25) is 5.78 Å². The molecule has 2 bridgehead atoms. The van der Waals surface area contributed by atoms with Crippen LogP contribution in [0.2, 0.25) is 0 Å². The molecule has 44 heavy (non-hydrogen) atoms. The molecule has 0 aliphatic heterocycles. The lowest BCUT2D eigenvalue weighted by Crippen LogP contribution is -2.67. The number of rotatable bonds is 9. The van der Waals surface area contributed by atoms with Crippen molar-refractivity contribution in [3.8, 4) is 0 Å². The summed E-state index contributed by atoms with van der Waals surface area (Å²) in [5.41, 5.74) is -0.701. The summed E-state index contributed by atoms with van der Waals surface area (Å²) in [4.78, 5) is 16.5. The summed E-state index contributed by atoms with van der Waals surface area (Å²) in [6.07, 6.45) is 12.5. The van der Waals surface area contributed by atoms with Gasteiger partial charge in [0.1, 0.15) is 0 Å². The highest BCUT2D eigenvalue weighted by molar-refractivity contribution is 6.08. The van der Waals surface area contributed by atoms with Crippen molar-refractivity contribution in [1.82, 2.24) is 4.90 Å². The van der Waals surface area contributed by atoms with Gasteiger partial charge in [-0.1, -0.05) is 62.4 Å². The molecule has 1 unspecified atom stereocenters. The Morgan fingerprint density at radius 2 is 1.73 bits per heavy atom. The minimum absolute atomic E-state index is 0.0310. The van der Waals surface area contributed by atoms with Gasteiger partial charge in [0.25, 0.3) is 0 Å². The monoisotopic (exact) mass is 601 g/mol. The fraction of sp³-hybridized carbons (Fsp3) is 0.595. The van der Waals surface area contributed by atoms with Crippen LogP contribution in [0.3, 0.4) is 0 Å². The smallest absolute Gasteiger partial charge is 0.224 e. The average Bonchev–Trinajstić information content (AvgIpc) is 3.64. The number of Topliss-reactive ketones (excluding diaryl/α,β-unsaturated/α-hetero) is 1. The molecule has 6 aliphatic rings. The van der Waals surface area contributed by atoms with Gasteiger partial charge in [0.05, 0.1) is 30.7 Å². The number of ketones is 1. The molecule has 7 nitrogen and oxygen atoms in total. The molecule has 0 amide bonds. The molecule has 3 fully saturated rings. The Morgan fingerprint density at radius 1 is 1.00 bits per heavy atom. The third kappa shape index (κ3) is 4.16. The molecule has 0 saturated heterocycles. The van der Waals surface area contributed by atoms with Crippen molar-refractivity contribution in [1.29, 1.82) is 0 Å². The third-order valence-corrected chi connectivity index (χ3v) is 13.1. The molecule has 7 heteroatoms. The number of hydrogen-bond donors (Lipinski definition) is 4. The Labute approximate surface area is 260 Å². The third-order valence-electron chi connectivity index (χ3n) is 13.1. The number of hydrogen-bond acceptors (Lipinski definition) is 7. The number of aliphatic hydroxyl groups excluding tert-OH is 3. The largest absolute Gasteiger partial charge is 0.461 e. The number of allylic oxidation sites excluding steroid dienone is 4. The van der Waals surface area contributed by atoms with E-state index in [0.717, 1.165) is 43.2 Å². The average molecular weight is 602 g/mol. The van der Waals surface area contributed by atoms with Gasteiger partial charge < -0.3 is 24.8 Å². The molecule has 1 heterocycles.